The van der Waals surface area contributed by atoms with Gasteiger partial charge in [-0.1, -0.05) is 6.92 Å². The third-order valence-corrected chi connectivity index (χ3v) is 5.87. The molecule has 0 spiro atoms. The van der Waals surface area contributed by atoms with Crippen molar-refractivity contribution in [1.29, 1.82) is 0 Å². The molecule has 0 saturated heterocycles. The van der Waals surface area contributed by atoms with Gasteiger partial charge in [-0.2, -0.15) is 0 Å². The highest BCUT2D eigenvalue weighted by atomic mass is 32.1. The molecule has 0 saturated carbocycles. The van der Waals surface area contributed by atoms with Gasteiger partial charge in [0.2, 0.25) is 5.91 Å². The summed E-state index contributed by atoms with van der Waals surface area (Å²) in [4.78, 5) is 20.4. The van der Waals surface area contributed by atoms with Crippen LogP contribution in [0.3, 0.4) is 0 Å². The topological polar surface area (TPSA) is 33.2 Å². The lowest BCUT2D eigenvalue weighted by molar-refractivity contribution is -0.133. The number of aryl methyl sites for hydroxylation is 1. The molecule has 20 heavy (non-hydrogen) atoms. The number of hydrogen-bond donors (Lipinski definition) is 0. The second-order valence-electron chi connectivity index (χ2n) is 5.08. The average Bonchev–Trinajstić information content (AvgIpc) is 3.07. The minimum absolute atomic E-state index is 0.196. The number of thiophene rings is 1. The molecule has 1 amide bonds. The van der Waals surface area contributed by atoms with Crippen LogP contribution >= 0.6 is 22.7 Å². The summed E-state index contributed by atoms with van der Waals surface area (Å²) in [5.74, 6) is 0.197. The first kappa shape index (κ1) is 13.8. The van der Waals surface area contributed by atoms with Crippen LogP contribution in [0.1, 0.15) is 41.0 Å². The summed E-state index contributed by atoms with van der Waals surface area (Å²) >= 11 is 3.45. The van der Waals surface area contributed by atoms with Crippen LogP contribution in [0.5, 0.6) is 0 Å². The Morgan fingerprint density at radius 1 is 1.50 bits per heavy atom. The van der Waals surface area contributed by atoms with Crippen molar-refractivity contribution >= 4 is 28.6 Å². The van der Waals surface area contributed by atoms with Crippen LogP contribution in [-0.4, -0.2) is 22.3 Å². The normalized spacial score (nSPS) is 18.1. The van der Waals surface area contributed by atoms with Crippen molar-refractivity contribution in [2.24, 2.45) is 0 Å². The van der Waals surface area contributed by atoms with Gasteiger partial charge in [-0.3, -0.25) is 4.79 Å². The largest absolute Gasteiger partial charge is 0.335 e. The van der Waals surface area contributed by atoms with Crippen LogP contribution in [-0.2, 0) is 24.1 Å². The maximum Gasteiger partial charge on any atom is 0.229 e. The van der Waals surface area contributed by atoms with Crippen molar-refractivity contribution in [3.05, 3.63) is 38.0 Å². The van der Waals surface area contributed by atoms with E-state index in [1.807, 2.05) is 10.3 Å². The molecule has 3 rings (SSSR count). The lowest BCUT2D eigenvalue weighted by Gasteiger charge is -2.33. The number of rotatable bonds is 3. The number of hydrogen-bond acceptors (Lipinski definition) is 4. The van der Waals surface area contributed by atoms with Crippen molar-refractivity contribution in [1.82, 2.24) is 9.88 Å². The van der Waals surface area contributed by atoms with Gasteiger partial charge in [0.1, 0.15) is 0 Å². The van der Waals surface area contributed by atoms with Crippen molar-refractivity contribution in [3.63, 3.8) is 0 Å². The summed E-state index contributed by atoms with van der Waals surface area (Å²) < 4.78 is 0. The highest BCUT2D eigenvalue weighted by molar-refractivity contribution is 7.10. The van der Waals surface area contributed by atoms with E-state index in [1.165, 1.54) is 10.4 Å². The van der Waals surface area contributed by atoms with Crippen molar-refractivity contribution in [2.75, 3.05) is 6.54 Å². The van der Waals surface area contributed by atoms with Crippen LogP contribution in [0.2, 0.25) is 0 Å². The summed E-state index contributed by atoms with van der Waals surface area (Å²) in [7, 11) is 0. The van der Waals surface area contributed by atoms with Crippen LogP contribution in [0.15, 0.2) is 16.8 Å². The van der Waals surface area contributed by atoms with Gasteiger partial charge in [-0.15, -0.1) is 22.7 Å². The van der Waals surface area contributed by atoms with Crippen molar-refractivity contribution in [2.45, 2.75) is 39.2 Å². The van der Waals surface area contributed by atoms with E-state index in [-0.39, 0.29) is 11.9 Å². The summed E-state index contributed by atoms with van der Waals surface area (Å²) in [6.45, 7) is 5.05. The maximum atomic E-state index is 12.5. The summed E-state index contributed by atoms with van der Waals surface area (Å²) in [6.07, 6.45) is 2.36. The van der Waals surface area contributed by atoms with E-state index < -0.39 is 0 Å². The van der Waals surface area contributed by atoms with E-state index in [4.69, 9.17) is 0 Å². The standard InChI is InChI=1S/C15H18N2OS2/c1-3-14-16-11(9-20-14)8-15(18)17-6-4-13-12(10(17)2)5-7-19-13/h5,7,9-10H,3-4,6,8H2,1-2H3/t10-/m0/s1. The van der Waals surface area contributed by atoms with E-state index in [9.17, 15) is 4.79 Å². The Bertz CT molecular complexity index is 617. The van der Waals surface area contributed by atoms with Gasteiger partial charge in [0.15, 0.2) is 0 Å². The molecule has 0 aliphatic carbocycles. The Morgan fingerprint density at radius 2 is 2.35 bits per heavy atom. The lowest BCUT2D eigenvalue weighted by Crippen LogP contribution is -2.39. The predicted molar refractivity (Wildman–Crippen MR) is 83.3 cm³/mol. The SMILES string of the molecule is CCc1nc(CC(=O)N2CCc3sccc3[C@@H]2C)cs1. The minimum Gasteiger partial charge on any atom is -0.335 e. The molecule has 0 radical (unpaired) electrons. The molecule has 0 N–H and O–H groups in total. The van der Waals surface area contributed by atoms with E-state index >= 15 is 0 Å². The third kappa shape index (κ3) is 2.52. The number of amides is 1. The smallest absolute Gasteiger partial charge is 0.229 e. The van der Waals surface area contributed by atoms with Crippen molar-refractivity contribution in [3.8, 4) is 0 Å². The highest BCUT2D eigenvalue weighted by Gasteiger charge is 2.28. The first-order chi connectivity index (χ1) is 9.69. The van der Waals surface area contributed by atoms with Gasteiger partial charge >= 0.3 is 0 Å². The van der Waals surface area contributed by atoms with Gasteiger partial charge in [-0.05, 0) is 36.8 Å². The fourth-order valence-corrected chi connectivity index (χ4v) is 4.41. The molecule has 0 aromatic carbocycles. The second kappa shape index (κ2) is 5.66. The molecular weight excluding hydrogens is 288 g/mol. The first-order valence-corrected chi connectivity index (χ1v) is 8.74. The molecule has 5 heteroatoms. The molecule has 0 fully saturated rings. The van der Waals surface area contributed by atoms with Gasteiger partial charge < -0.3 is 4.90 Å². The average molecular weight is 306 g/mol. The number of nitrogens with zero attached hydrogens (tertiary/aromatic N) is 2. The number of aromatic nitrogens is 1. The zero-order valence-corrected chi connectivity index (χ0v) is 13.4. The second-order valence-corrected chi connectivity index (χ2v) is 7.02. The van der Waals surface area contributed by atoms with E-state index in [1.54, 1.807) is 22.7 Å². The minimum atomic E-state index is 0.196. The summed E-state index contributed by atoms with van der Waals surface area (Å²) in [6, 6.07) is 2.35. The molecule has 3 nitrogen and oxygen atoms in total. The zero-order chi connectivity index (χ0) is 14.1. The Balaban J connectivity index is 1.72. The molecule has 0 bridgehead atoms. The monoisotopic (exact) mass is 306 g/mol. The van der Waals surface area contributed by atoms with Crippen LogP contribution < -0.4 is 0 Å². The van der Waals surface area contributed by atoms with Crippen molar-refractivity contribution < 1.29 is 4.79 Å². The summed E-state index contributed by atoms with van der Waals surface area (Å²) in [5.41, 5.74) is 2.24. The Kier molecular flexibility index (Phi) is 3.89. The molecule has 3 heterocycles. The number of thiazole rings is 1. The molecule has 1 aliphatic rings. The predicted octanol–water partition coefficient (Wildman–Crippen LogP) is 3.46. The molecule has 2 aromatic rings. The van der Waals surface area contributed by atoms with Crippen LogP contribution in [0.25, 0.3) is 0 Å². The highest BCUT2D eigenvalue weighted by Crippen LogP contribution is 2.33. The summed E-state index contributed by atoms with van der Waals surface area (Å²) in [5, 5.41) is 5.25. The number of carbonyl (C=O) groups is 1. The molecule has 106 valence electrons. The van der Waals surface area contributed by atoms with Gasteiger partial charge in [-0.25, -0.2) is 4.98 Å². The fourth-order valence-electron chi connectivity index (χ4n) is 2.70. The van der Waals surface area contributed by atoms with Crippen LogP contribution in [0.4, 0.5) is 0 Å². The lowest BCUT2D eigenvalue weighted by atomic mass is 10.0. The maximum absolute atomic E-state index is 12.5. The number of carbonyl (C=O) groups excluding carboxylic acids is 1. The Morgan fingerprint density at radius 3 is 3.10 bits per heavy atom. The molecule has 1 atom stereocenters. The number of fused-ring (bicyclic) bond motifs is 1. The molecule has 0 unspecified atom stereocenters. The Labute approximate surface area is 127 Å². The van der Waals surface area contributed by atoms with E-state index in [0.717, 1.165) is 30.1 Å². The third-order valence-electron chi connectivity index (χ3n) is 3.83. The van der Waals surface area contributed by atoms with E-state index in [0.29, 0.717) is 6.42 Å². The quantitative estimate of drug-likeness (QED) is 0.870. The van der Waals surface area contributed by atoms with Gasteiger partial charge in [0.25, 0.3) is 0 Å². The fraction of sp³-hybridized carbons (Fsp3) is 0.467. The molecule has 2 aromatic heterocycles. The van der Waals surface area contributed by atoms with E-state index in [2.05, 4.69) is 30.3 Å². The molecular formula is C15H18N2OS2. The Hall–Kier alpha value is -1.20. The van der Waals surface area contributed by atoms with Gasteiger partial charge in [0.05, 0.1) is 23.2 Å². The van der Waals surface area contributed by atoms with Gasteiger partial charge in [0, 0.05) is 16.8 Å². The molecule has 1 aliphatic heterocycles. The zero-order valence-electron chi connectivity index (χ0n) is 11.8. The first-order valence-electron chi connectivity index (χ1n) is 6.98. The van der Waals surface area contributed by atoms with Crippen LogP contribution in [0, 0.1) is 0 Å².